The van der Waals surface area contributed by atoms with Crippen LogP contribution in [0.15, 0.2) is 29.3 Å². The number of rotatable bonds is 10. The topological polar surface area (TPSA) is 66.0 Å². The molecule has 1 aliphatic heterocycles. The highest BCUT2D eigenvalue weighted by Gasteiger charge is 2.22. The molecule has 0 saturated heterocycles. The van der Waals surface area contributed by atoms with Crippen molar-refractivity contribution in [3.8, 4) is 0 Å². The van der Waals surface area contributed by atoms with E-state index in [1.165, 1.54) is 24.0 Å². The first-order valence-corrected chi connectivity index (χ1v) is 10.1. The molecule has 148 valence electrons. The van der Waals surface area contributed by atoms with Crippen molar-refractivity contribution in [2.45, 2.75) is 45.2 Å². The maximum Gasteiger partial charge on any atom is 0.223 e. The van der Waals surface area contributed by atoms with Crippen LogP contribution < -0.4 is 10.6 Å². The number of carbonyl (C=O) groups is 1. The van der Waals surface area contributed by atoms with Crippen LogP contribution in [0, 0.1) is 5.92 Å². The van der Waals surface area contributed by atoms with E-state index in [0.29, 0.717) is 6.42 Å². The standard InChI is InChI=1S/C21H32N4O2/c1-22-21(24-12-5-13-27-16-17-9-10-17)23-11-4-8-20(26)25-14-18-6-2-3-7-19(18)15-25/h2-3,6-7,17H,4-5,8-16H2,1H3,(H2,22,23,24). The van der Waals surface area contributed by atoms with Gasteiger partial charge in [-0.3, -0.25) is 9.79 Å². The summed E-state index contributed by atoms with van der Waals surface area (Å²) in [6, 6.07) is 8.29. The maximum atomic E-state index is 12.4. The van der Waals surface area contributed by atoms with E-state index < -0.39 is 0 Å². The Morgan fingerprint density at radius 2 is 1.81 bits per heavy atom. The molecular weight excluding hydrogens is 340 g/mol. The Hall–Kier alpha value is -2.08. The van der Waals surface area contributed by atoms with E-state index in [4.69, 9.17) is 4.74 Å². The molecule has 27 heavy (non-hydrogen) atoms. The molecule has 1 aromatic carbocycles. The van der Waals surface area contributed by atoms with Gasteiger partial charge in [-0.25, -0.2) is 0 Å². The predicted octanol–water partition coefficient (Wildman–Crippen LogP) is 2.29. The van der Waals surface area contributed by atoms with Gasteiger partial charge in [0.1, 0.15) is 0 Å². The summed E-state index contributed by atoms with van der Waals surface area (Å²) >= 11 is 0. The van der Waals surface area contributed by atoms with Crippen molar-refractivity contribution >= 4 is 11.9 Å². The van der Waals surface area contributed by atoms with Crippen molar-refractivity contribution in [2.75, 3.05) is 33.4 Å². The summed E-state index contributed by atoms with van der Waals surface area (Å²) in [7, 11) is 1.77. The van der Waals surface area contributed by atoms with Gasteiger partial charge in [-0.05, 0) is 42.7 Å². The third kappa shape index (κ3) is 6.54. The van der Waals surface area contributed by atoms with Gasteiger partial charge in [-0.15, -0.1) is 0 Å². The minimum atomic E-state index is 0.226. The molecule has 1 aliphatic carbocycles. The van der Waals surface area contributed by atoms with Crippen LogP contribution in [0.3, 0.4) is 0 Å². The minimum absolute atomic E-state index is 0.226. The van der Waals surface area contributed by atoms with Crippen molar-refractivity contribution in [1.82, 2.24) is 15.5 Å². The number of benzene rings is 1. The van der Waals surface area contributed by atoms with Gasteiger partial charge in [0.2, 0.25) is 5.91 Å². The van der Waals surface area contributed by atoms with Gasteiger partial charge in [0.25, 0.3) is 0 Å². The summed E-state index contributed by atoms with van der Waals surface area (Å²) < 4.78 is 5.63. The number of hydrogen-bond donors (Lipinski definition) is 2. The first-order chi connectivity index (χ1) is 13.3. The lowest BCUT2D eigenvalue weighted by atomic mass is 10.1. The molecule has 0 unspecified atom stereocenters. The molecule has 3 rings (SSSR count). The fourth-order valence-electron chi connectivity index (χ4n) is 3.25. The quantitative estimate of drug-likeness (QED) is 0.376. The lowest BCUT2D eigenvalue weighted by Crippen LogP contribution is -2.38. The summed E-state index contributed by atoms with van der Waals surface area (Å²) in [5, 5.41) is 6.57. The highest BCUT2D eigenvalue weighted by molar-refractivity contribution is 5.80. The van der Waals surface area contributed by atoms with Gasteiger partial charge in [-0.1, -0.05) is 24.3 Å². The van der Waals surface area contributed by atoms with Gasteiger partial charge < -0.3 is 20.3 Å². The van der Waals surface area contributed by atoms with E-state index in [0.717, 1.165) is 64.1 Å². The highest BCUT2D eigenvalue weighted by atomic mass is 16.5. The number of guanidine groups is 1. The van der Waals surface area contributed by atoms with Crippen LogP contribution in [-0.2, 0) is 22.6 Å². The first kappa shape index (κ1) is 19.7. The molecule has 6 nitrogen and oxygen atoms in total. The van der Waals surface area contributed by atoms with Crippen molar-refractivity contribution < 1.29 is 9.53 Å². The van der Waals surface area contributed by atoms with Gasteiger partial charge in [-0.2, -0.15) is 0 Å². The second kappa shape index (κ2) is 10.3. The Morgan fingerprint density at radius 3 is 2.44 bits per heavy atom. The van der Waals surface area contributed by atoms with E-state index in [2.05, 4.69) is 27.8 Å². The second-order valence-electron chi connectivity index (χ2n) is 7.42. The molecule has 1 aromatic rings. The van der Waals surface area contributed by atoms with Gasteiger partial charge in [0, 0.05) is 52.9 Å². The van der Waals surface area contributed by atoms with Crippen LogP contribution in [0.4, 0.5) is 0 Å². The van der Waals surface area contributed by atoms with Gasteiger partial charge in [0.15, 0.2) is 5.96 Å². The predicted molar refractivity (Wildman–Crippen MR) is 107 cm³/mol. The summed E-state index contributed by atoms with van der Waals surface area (Å²) in [5.74, 6) is 1.84. The number of nitrogens with one attached hydrogen (secondary N) is 2. The highest BCUT2D eigenvalue weighted by Crippen LogP contribution is 2.28. The number of carbonyl (C=O) groups excluding carboxylic acids is 1. The van der Waals surface area contributed by atoms with E-state index in [9.17, 15) is 4.79 Å². The molecule has 2 N–H and O–H groups in total. The molecule has 0 bridgehead atoms. The summed E-state index contributed by atoms with van der Waals surface area (Å²) in [6.07, 6.45) is 5.01. The fraction of sp³-hybridized carbons (Fsp3) is 0.619. The van der Waals surface area contributed by atoms with Crippen molar-refractivity contribution in [1.29, 1.82) is 0 Å². The number of aliphatic imine (C=N–C) groups is 1. The molecule has 1 saturated carbocycles. The Bertz CT molecular complexity index is 618. The van der Waals surface area contributed by atoms with Crippen LogP contribution in [0.5, 0.6) is 0 Å². The largest absolute Gasteiger partial charge is 0.381 e. The maximum absolute atomic E-state index is 12.4. The monoisotopic (exact) mass is 372 g/mol. The Morgan fingerprint density at radius 1 is 1.15 bits per heavy atom. The van der Waals surface area contributed by atoms with Crippen LogP contribution >= 0.6 is 0 Å². The first-order valence-electron chi connectivity index (χ1n) is 10.1. The molecule has 2 aliphatic rings. The summed E-state index contributed by atoms with van der Waals surface area (Å²) in [5.41, 5.74) is 2.55. The van der Waals surface area contributed by atoms with Crippen molar-refractivity contribution in [2.24, 2.45) is 10.9 Å². The molecular formula is C21H32N4O2. The molecule has 1 amide bonds. The normalized spacial score (nSPS) is 16.3. The van der Waals surface area contributed by atoms with Crippen LogP contribution in [0.25, 0.3) is 0 Å². The Labute approximate surface area is 162 Å². The molecule has 1 fully saturated rings. The summed E-state index contributed by atoms with van der Waals surface area (Å²) in [6.45, 7) is 4.79. The average Bonchev–Trinajstić information content (AvgIpc) is 3.41. The molecule has 0 spiro atoms. The Balaban J connectivity index is 1.22. The zero-order valence-corrected chi connectivity index (χ0v) is 16.4. The molecule has 1 heterocycles. The van der Waals surface area contributed by atoms with Gasteiger partial charge >= 0.3 is 0 Å². The van der Waals surface area contributed by atoms with Crippen molar-refractivity contribution in [3.63, 3.8) is 0 Å². The number of fused-ring (bicyclic) bond motifs is 1. The van der Waals surface area contributed by atoms with Crippen molar-refractivity contribution in [3.05, 3.63) is 35.4 Å². The SMILES string of the molecule is CN=C(NCCCOCC1CC1)NCCCC(=O)N1Cc2ccccc2C1. The number of hydrogen-bond acceptors (Lipinski definition) is 3. The minimum Gasteiger partial charge on any atom is -0.381 e. The van der Waals surface area contributed by atoms with E-state index in [1.54, 1.807) is 7.05 Å². The third-order valence-electron chi connectivity index (χ3n) is 5.09. The van der Waals surface area contributed by atoms with Crippen LogP contribution in [0.2, 0.25) is 0 Å². The van der Waals surface area contributed by atoms with Crippen LogP contribution in [-0.4, -0.2) is 50.1 Å². The fourth-order valence-corrected chi connectivity index (χ4v) is 3.25. The molecule has 6 heteroatoms. The molecule has 0 atom stereocenters. The Kier molecular flexibility index (Phi) is 7.51. The smallest absolute Gasteiger partial charge is 0.223 e. The number of ether oxygens (including phenoxy) is 1. The van der Waals surface area contributed by atoms with E-state index in [-0.39, 0.29) is 5.91 Å². The van der Waals surface area contributed by atoms with Gasteiger partial charge in [0.05, 0.1) is 0 Å². The second-order valence-corrected chi connectivity index (χ2v) is 7.42. The van der Waals surface area contributed by atoms with E-state index in [1.807, 2.05) is 17.0 Å². The zero-order valence-electron chi connectivity index (χ0n) is 16.4. The lowest BCUT2D eigenvalue weighted by molar-refractivity contribution is -0.131. The lowest BCUT2D eigenvalue weighted by Gasteiger charge is -2.16. The molecule has 0 aromatic heterocycles. The molecule has 0 radical (unpaired) electrons. The number of nitrogens with zero attached hydrogens (tertiary/aromatic N) is 2. The average molecular weight is 373 g/mol. The third-order valence-corrected chi connectivity index (χ3v) is 5.09. The van der Waals surface area contributed by atoms with Crippen LogP contribution in [0.1, 0.15) is 43.2 Å². The summed E-state index contributed by atoms with van der Waals surface area (Å²) in [4.78, 5) is 18.6. The number of amides is 1. The zero-order chi connectivity index (χ0) is 18.9. The van der Waals surface area contributed by atoms with E-state index >= 15 is 0 Å².